The van der Waals surface area contributed by atoms with Crippen LogP contribution in [0.5, 0.6) is 5.75 Å². The first-order valence-corrected chi connectivity index (χ1v) is 7.17. The number of hydrogen-bond donors (Lipinski definition) is 2. The molecule has 1 amide bonds. The molecule has 1 aromatic rings. The molecule has 0 aliphatic carbocycles. The molecule has 0 saturated carbocycles. The standard InChI is InChI=1S/C15H23N3O2/c1-2-20-14-5-3-12(4-6-14)11-18-9-7-13(8-10-18)15(19)17-16/h3-6,13H,2,7-11,16H2,1H3,(H,17,19). The maximum Gasteiger partial charge on any atom is 0.237 e. The number of nitrogens with two attached hydrogens (primary N) is 1. The van der Waals surface area contributed by atoms with Gasteiger partial charge < -0.3 is 4.74 Å². The van der Waals surface area contributed by atoms with Gasteiger partial charge in [-0.1, -0.05) is 12.1 Å². The molecule has 1 fully saturated rings. The van der Waals surface area contributed by atoms with Crippen LogP contribution in [0.3, 0.4) is 0 Å². The predicted octanol–water partition coefficient (Wildman–Crippen LogP) is 1.29. The van der Waals surface area contributed by atoms with Crippen molar-refractivity contribution < 1.29 is 9.53 Å². The number of piperidine rings is 1. The lowest BCUT2D eigenvalue weighted by Gasteiger charge is -2.30. The molecule has 1 aliphatic rings. The van der Waals surface area contributed by atoms with E-state index in [1.165, 1.54) is 5.56 Å². The Bertz CT molecular complexity index is 425. The molecule has 0 aromatic heterocycles. The lowest BCUT2D eigenvalue weighted by Crippen LogP contribution is -2.42. The average molecular weight is 277 g/mol. The third kappa shape index (κ3) is 3.95. The first-order chi connectivity index (χ1) is 9.72. The molecular formula is C15H23N3O2. The van der Waals surface area contributed by atoms with E-state index < -0.39 is 0 Å². The number of rotatable bonds is 5. The maximum absolute atomic E-state index is 11.5. The second-order valence-corrected chi connectivity index (χ2v) is 5.14. The molecule has 110 valence electrons. The van der Waals surface area contributed by atoms with Gasteiger partial charge >= 0.3 is 0 Å². The van der Waals surface area contributed by atoms with Gasteiger partial charge in [-0.25, -0.2) is 5.84 Å². The number of ether oxygens (including phenoxy) is 1. The van der Waals surface area contributed by atoms with E-state index in [9.17, 15) is 4.79 Å². The topological polar surface area (TPSA) is 67.6 Å². The highest BCUT2D eigenvalue weighted by molar-refractivity contribution is 5.78. The number of nitrogens with one attached hydrogen (secondary N) is 1. The van der Waals surface area contributed by atoms with E-state index in [1.807, 2.05) is 19.1 Å². The molecule has 0 bridgehead atoms. The third-order valence-corrected chi connectivity index (χ3v) is 3.74. The molecule has 1 aromatic carbocycles. The molecule has 0 spiro atoms. The fourth-order valence-electron chi connectivity index (χ4n) is 2.59. The Hall–Kier alpha value is -1.59. The van der Waals surface area contributed by atoms with Crippen LogP contribution in [0, 0.1) is 5.92 Å². The summed E-state index contributed by atoms with van der Waals surface area (Å²) >= 11 is 0. The fraction of sp³-hybridized carbons (Fsp3) is 0.533. The second-order valence-electron chi connectivity index (χ2n) is 5.14. The van der Waals surface area contributed by atoms with Gasteiger partial charge in [-0.2, -0.15) is 0 Å². The Kier molecular flexibility index (Phi) is 5.38. The Balaban J connectivity index is 1.81. The first kappa shape index (κ1) is 14.8. The molecule has 1 aliphatic heterocycles. The molecule has 5 heteroatoms. The van der Waals surface area contributed by atoms with E-state index in [4.69, 9.17) is 10.6 Å². The van der Waals surface area contributed by atoms with Crippen molar-refractivity contribution in [3.63, 3.8) is 0 Å². The fourth-order valence-corrected chi connectivity index (χ4v) is 2.59. The molecule has 3 N–H and O–H groups in total. The number of nitrogens with zero attached hydrogens (tertiary/aromatic N) is 1. The molecule has 20 heavy (non-hydrogen) atoms. The van der Waals surface area contributed by atoms with Crippen LogP contribution in [0.25, 0.3) is 0 Å². The van der Waals surface area contributed by atoms with Gasteiger partial charge in [0.05, 0.1) is 6.61 Å². The van der Waals surface area contributed by atoms with Gasteiger partial charge in [0, 0.05) is 12.5 Å². The van der Waals surface area contributed by atoms with Crippen LogP contribution < -0.4 is 16.0 Å². The van der Waals surface area contributed by atoms with E-state index >= 15 is 0 Å². The number of likely N-dealkylation sites (tertiary alicyclic amines) is 1. The van der Waals surface area contributed by atoms with Crippen molar-refractivity contribution in [3.8, 4) is 5.75 Å². The second kappa shape index (κ2) is 7.26. The van der Waals surface area contributed by atoms with Crippen LogP contribution in [0.1, 0.15) is 25.3 Å². The number of amides is 1. The summed E-state index contributed by atoms with van der Waals surface area (Å²) in [5.74, 6) is 6.12. The summed E-state index contributed by atoms with van der Waals surface area (Å²) in [7, 11) is 0. The molecule has 0 unspecified atom stereocenters. The van der Waals surface area contributed by atoms with Crippen LogP contribution in [-0.2, 0) is 11.3 Å². The highest BCUT2D eigenvalue weighted by atomic mass is 16.5. The number of carbonyl (C=O) groups excluding carboxylic acids is 1. The summed E-state index contributed by atoms with van der Waals surface area (Å²) < 4.78 is 5.43. The summed E-state index contributed by atoms with van der Waals surface area (Å²) in [5, 5.41) is 0. The number of hydrogen-bond acceptors (Lipinski definition) is 4. The zero-order valence-electron chi connectivity index (χ0n) is 12.0. The van der Waals surface area contributed by atoms with Crippen molar-refractivity contribution in [3.05, 3.63) is 29.8 Å². The number of hydrazine groups is 1. The van der Waals surface area contributed by atoms with Gasteiger partial charge in [0.25, 0.3) is 0 Å². The van der Waals surface area contributed by atoms with Crippen molar-refractivity contribution in [2.45, 2.75) is 26.3 Å². The molecule has 1 saturated heterocycles. The van der Waals surface area contributed by atoms with E-state index in [-0.39, 0.29) is 11.8 Å². The van der Waals surface area contributed by atoms with Crippen molar-refractivity contribution in [2.75, 3.05) is 19.7 Å². The van der Waals surface area contributed by atoms with Gasteiger partial charge in [0.2, 0.25) is 5.91 Å². The third-order valence-electron chi connectivity index (χ3n) is 3.74. The predicted molar refractivity (Wildman–Crippen MR) is 77.9 cm³/mol. The minimum atomic E-state index is -0.0364. The van der Waals surface area contributed by atoms with Gasteiger partial charge in [-0.15, -0.1) is 0 Å². The van der Waals surface area contributed by atoms with Crippen molar-refractivity contribution >= 4 is 5.91 Å². The largest absolute Gasteiger partial charge is 0.494 e. The van der Waals surface area contributed by atoms with E-state index in [1.54, 1.807) is 0 Å². The zero-order valence-corrected chi connectivity index (χ0v) is 12.0. The highest BCUT2D eigenvalue weighted by Crippen LogP contribution is 2.20. The smallest absolute Gasteiger partial charge is 0.237 e. The monoisotopic (exact) mass is 277 g/mol. The lowest BCUT2D eigenvalue weighted by molar-refractivity contribution is -0.126. The molecule has 0 atom stereocenters. The van der Waals surface area contributed by atoms with Crippen molar-refractivity contribution in [2.24, 2.45) is 11.8 Å². The Labute approximate surface area is 120 Å². The normalized spacial score (nSPS) is 16.9. The lowest BCUT2D eigenvalue weighted by atomic mass is 9.96. The van der Waals surface area contributed by atoms with Crippen LogP contribution in [0.4, 0.5) is 0 Å². The quantitative estimate of drug-likeness (QED) is 0.483. The summed E-state index contributed by atoms with van der Waals surface area (Å²) in [5.41, 5.74) is 3.52. The summed E-state index contributed by atoms with van der Waals surface area (Å²) in [6.07, 6.45) is 1.75. The number of benzene rings is 1. The van der Waals surface area contributed by atoms with Gasteiger partial charge in [-0.05, 0) is 50.6 Å². The van der Waals surface area contributed by atoms with Crippen LogP contribution in [0.2, 0.25) is 0 Å². The molecule has 5 nitrogen and oxygen atoms in total. The summed E-state index contributed by atoms with van der Waals surface area (Å²) in [4.78, 5) is 13.8. The van der Waals surface area contributed by atoms with E-state index in [2.05, 4.69) is 22.5 Å². The molecule has 0 radical (unpaired) electrons. The number of carbonyl (C=O) groups is 1. The molecule has 1 heterocycles. The van der Waals surface area contributed by atoms with Crippen LogP contribution in [0.15, 0.2) is 24.3 Å². The Morgan fingerprint density at radius 2 is 2.00 bits per heavy atom. The van der Waals surface area contributed by atoms with Gasteiger partial charge in [-0.3, -0.25) is 15.1 Å². The van der Waals surface area contributed by atoms with Gasteiger partial charge in [0.1, 0.15) is 5.75 Å². The summed E-state index contributed by atoms with van der Waals surface area (Å²) in [6.45, 7) is 5.46. The zero-order chi connectivity index (χ0) is 14.4. The Morgan fingerprint density at radius 3 is 2.55 bits per heavy atom. The van der Waals surface area contributed by atoms with E-state index in [0.717, 1.165) is 38.2 Å². The Morgan fingerprint density at radius 1 is 1.35 bits per heavy atom. The van der Waals surface area contributed by atoms with Crippen molar-refractivity contribution in [1.82, 2.24) is 10.3 Å². The van der Waals surface area contributed by atoms with Crippen molar-refractivity contribution in [1.29, 1.82) is 0 Å². The average Bonchev–Trinajstić information content (AvgIpc) is 2.49. The van der Waals surface area contributed by atoms with Crippen LogP contribution in [-0.4, -0.2) is 30.5 Å². The highest BCUT2D eigenvalue weighted by Gasteiger charge is 2.24. The summed E-state index contributed by atoms with van der Waals surface area (Å²) in [6, 6.07) is 8.22. The SMILES string of the molecule is CCOc1ccc(CN2CCC(C(=O)NN)CC2)cc1. The first-order valence-electron chi connectivity index (χ1n) is 7.17. The molecule has 2 rings (SSSR count). The molecular weight excluding hydrogens is 254 g/mol. The minimum absolute atomic E-state index is 0.0364. The van der Waals surface area contributed by atoms with E-state index in [0.29, 0.717) is 6.61 Å². The van der Waals surface area contributed by atoms with Crippen LogP contribution >= 0.6 is 0 Å². The minimum Gasteiger partial charge on any atom is -0.494 e. The maximum atomic E-state index is 11.5. The van der Waals surface area contributed by atoms with Gasteiger partial charge in [0.15, 0.2) is 0 Å².